The minimum absolute atomic E-state index is 0.0748. The molecule has 1 aliphatic heterocycles. The first-order valence-electron chi connectivity index (χ1n) is 8.41. The van der Waals surface area contributed by atoms with E-state index in [1.807, 2.05) is 24.3 Å². The fraction of sp³-hybridized carbons (Fsp3) is 0.150. The summed E-state index contributed by atoms with van der Waals surface area (Å²) in [5.74, 6) is 0.251. The number of hydrogen-bond donors (Lipinski definition) is 2. The summed E-state index contributed by atoms with van der Waals surface area (Å²) in [6.45, 7) is 0.436. The van der Waals surface area contributed by atoms with Crippen LogP contribution in [0.5, 0.6) is 5.75 Å². The number of ether oxygens (including phenoxy) is 1. The van der Waals surface area contributed by atoms with Crippen molar-refractivity contribution in [3.8, 4) is 16.9 Å². The van der Waals surface area contributed by atoms with Gasteiger partial charge in [0.2, 0.25) is 10.9 Å². The SMILES string of the molecule is O=C1COc2cc(-c3c(NCCc4ccc(Cl)cc4)c(=O)c3=O)ccc2N1. The van der Waals surface area contributed by atoms with E-state index in [0.717, 1.165) is 5.56 Å². The maximum absolute atomic E-state index is 12.1. The summed E-state index contributed by atoms with van der Waals surface area (Å²) in [6.07, 6.45) is 0.689. The summed E-state index contributed by atoms with van der Waals surface area (Å²) in [5.41, 5.74) is 1.82. The zero-order valence-electron chi connectivity index (χ0n) is 14.2. The Bertz CT molecular complexity index is 1100. The third-order valence-corrected chi connectivity index (χ3v) is 4.69. The average molecular weight is 383 g/mol. The lowest BCUT2D eigenvalue weighted by atomic mass is 9.97. The first kappa shape index (κ1) is 17.3. The van der Waals surface area contributed by atoms with Crippen molar-refractivity contribution in [1.29, 1.82) is 0 Å². The van der Waals surface area contributed by atoms with Crippen molar-refractivity contribution < 1.29 is 9.53 Å². The van der Waals surface area contributed by atoms with Gasteiger partial charge in [0.25, 0.3) is 5.91 Å². The van der Waals surface area contributed by atoms with Crippen LogP contribution in [0, 0.1) is 0 Å². The van der Waals surface area contributed by atoms with E-state index in [2.05, 4.69) is 10.6 Å². The van der Waals surface area contributed by atoms with Crippen molar-refractivity contribution in [3.63, 3.8) is 0 Å². The molecule has 1 amide bonds. The summed E-state index contributed by atoms with van der Waals surface area (Å²) in [4.78, 5) is 35.4. The van der Waals surface area contributed by atoms with Gasteiger partial charge in [0.05, 0.1) is 16.9 Å². The van der Waals surface area contributed by atoms with Crippen molar-refractivity contribution >= 4 is 28.9 Å². The molecule has 4 rings (SSSR count). The maximum atomic E-state index is 12.1. The number of rotatable bonds is 5. The molecule has 7 heteroatoms. The molecule has 3 aromatic rings. The highest BCUT2D eigenvalue weighted by Crippen LogP contribution is 2.34. The van der Waals surface area contributed by atoms with Gasteiger partial charge >= 0.3 is 0 Å². The van der Waals surface area contributed by atoms with Gasteiger partial charge < -0.3 is 15.4 Å². The molecule has 3 aromatic carbocycles. The zero-order chi connectivity index (χ0) is 19.0. The topological polar surface area (TPSA) is 84.5 Å². The minimum Gasteiger partial charge on any atom is -0.482 e. The van der Waals surface area contributed by atoms with E-state index in [0.29, 0.717) is 46.2 Å². The Morgan fingerprint density at radius 3 is 2.59 bits per heavy atom. The second kappa shape index (κ2) is 6.89. The fourth-order valence-electron chi connectivity index (χ4n) is 3.05. The molecule has 27 heavy (non-hydrogen) atoms. The molecule has 2 N–H and O–H groups in total. The second-order valence-electron chi connectivity index (χ2n) is 6.26. The number of halogens is 1. The second-order valence-corrected chi connectivity index (χ2v) is 6.70. The van der Waals surface area contributed by atoms with E-state index < -0.39 is 10.9 Å². The first-order valence-corrected chi connectivity index (χ1v) is 8.79. The van der Waals surface area contributed by atoms with Crippen LogP contribution in [-0.2, 0) is 11.2 Å². The minimum atomic E-state index is -0.524. The van der Waals surface area contributed by atoms with Gasteiger partial charge in [-0.05, 0) is 41.8 Å². The van der Waals surface area contributed by atoms with Crippen LogP contribution in [0.15, 0.2) is 52.1 Å². The monoisotopic (exact) mass is 382 g/mol. The molecule has 0 atom stereocenters. The molecule has 0 saturated carbocycles. The molecule has 0 aromatic heterocycles. The number of amides is 1. The van der Waals surface area contributed by atoms with Gasteiger partial charge in [0.15, 0.2) is 6.61 Å². The molecule has 0 saturated heterocycles. The standard InChI is InChI=1S/C20H15ClN2O4/c21-13-4-1-11(2-5-13)7-8-22-18-17(19(25)20(18)26)12-3-6-14-15(9-12)27-10-16(24)23-14/h1-6,9,22H,7-8,10H2,(H,23,24). The van der Waals surface area contributed by atoms with Crippen LogP contribution in [-0.4, -0.2) is 19.1 Å². The first-order chi connectivity index (χ1) is 13.0. The van der Waals surface area contributed by atoms with Gasteiger partial charge in [0, 0.05) is 11.6 Å². The Kier molecular flexibility index (Phi) is 4.41. The summed E-state index contributed by atoms with van der Waals surface area (Å²) in [5, 5.41) is 6.43. The molecule has 1 heterocycles. The van der Waals surface area contributed by atoms with Crippen LogP contribution in [0.3, 0.4) is 0 Å². The van der Waals surface area contributed by atoms with Crippen LogP contribution in [0.1, 0.15) is 5.56 Å². The van der Waals surface area contributed by atoms with Gasteiger partial charge in [-0.25, -0.2) is 0 Å². The molecule has 0 fully saturated rings. The van der Waals surface area contributed by atoms with E-state index in [1.165, 1.54) is 0 Å². The highest BCUT2D eigenvalue weighted by atomic mass is 35.5. The van der Waals surface area contributed by atoms with Gasteiger partial charge in [-0.2, -0.15) is 0 Å². The molecule has 1 aliphatic rings. The summed E-state index contributed by atoms with van der Waals surface area (Å²) >= 11 is 5.87. The number of carbonyl (C=O) groups excluding carboxylic acids is 1. The third kappa shape index (κ3) is 3.31. The molecule has 0 aliphatic carbocycles. The Hall–Kier alpha value is -3.12. The largest absolute Gasteiger partial charge is 0.482 e. The van der Waals surface area contributed by atoms with Crippen molar-refractivity contribution in [2.45, 2.75) is 6.42 Å². The van der Waals surface area contributed by atoms with Crippen molar-refractivity contribution in [2.24, 2.45) is 0 Å². The molecular weight excluding hydrogens is 368 g/mol. The molecule has 136 valence electrons. The Morgan fingerprint density at radius 1 is 1.04 bits per heavy atom. The van der Waals surface area contributed by atoms with Crippen molar-refractivity contribution in [1.82, 2.24) is 0 Å². The van der Waals surface area contributed by atoms with Crippen molar-refractivity contribution in [3.05, 3.63) is 73.5 Å². The van der Waals surface area contributed by atoms with E-state index in [-0.39, 0.29) is 12.5 Å². The molecule has 6 nitrogen and oxygen atoms in total. The van der Waals surface area contributed by atoms with Crippen molar-refractivity contribution in [2.75, 3.05) is 23.8 Å². The fourth-order valence-corrected chi connectivity index (χ4v) is 3.17. The number of fused-ring (bicyclic) bond motifs is 1. The van der Waals surface area contributed by atoms with E-state index in [9.17, 15) is 14.4 Å². The van der Waals surface area contributed by atoms with Crippen LogP contribution in [0.2, 0.25) is 5.02 Å². The highest BCUT2D eigenvalue weighted by molar-refractivity contribution is 6.30. The molecule has 0 spiro atoms. The normalized spacial score (nSPS) is 13.0. The van der Waals surface area contributed by atoms with Gasteiger partial charge in [0.1, 0.15) is 5.75 Å². The van der Waals surface area contributed by atoms with Crippen LogP contribution in [0.4, 0.5) is 11.4 Å². The lowest BCUT2D eigenvalue weighted by Gasteiger charge is -2.19. The zero-order valence-corrected chi connectivity index (χ0v) is 14.9. The molecule has 0 bridgehead atoms. The predicted octanol–water partition coefficient (Wildman–Crippen LogP) is 2.59. The van der Waals surface area contributed by atoms with Gasteiger partial charge in [-0.15, -0.1) is 0 Å². The third-order valence-electron chi connectivity index (χ3n) is 4.44. The maximum Gasteiger partial charge on any atom is 0.262 e. The summed E-state index contributed by atoms with van der Waals surface area (Å²) in [6, 6.07) is 12.5. The number of anilines is 2. The Morgan fingerprint density at radius 2 is 1.81 bits per heavy atom. The van der Waals surface area contributed by atoms with Crippen LogP contribution < -0.4 is 26.2 Å². The average Bonchev–Trinajstić information content (AvgIpc) is 2.68. The smallest absolute Gasteiger partial charge is 0.262 e. The van der Waals surface area contributed by atoms with Gasteiger partial charge in [-0.3, -0.25) is 14.4 Å². The van der Waals surface area contributed by atoms with E-state index >= 15 is 0 Å². The quantitative estimate of drug-likeness (QED) is 0.662. The van der Waals surface area contributed by atoms with E-state index in [4.69, 9.17) is 16.3 Å². The lowest BCUT2D eigenvalue weighted by Crippen LogP contribution is -2.36. The molecule has 0 unspecified atom stereocenters. The summed E-state index contributed by atoms with van der Waals surface area (Å²) < 4.78 is 5.38. The van der Waals surface area contributed by atoms with Crippen LogP contribution >= 0.6 is 11.6 Å². The number of hydrogen-bond acceptors (Lipinski definition) is 5. The summed E-state index contributed by atoms with van der Waals surface area (Å²) in [7, 11) is 0. The number of carbonyl (C=O) groups is 1. The Balaban J connectivity index is 1.52. The van der Waals surface area contributed by atoms with Gasteiger partial charge in [-0.1, -0.05) is 29.8 Å². The predicted molar refractivity (Wildman–Crippen MR) is 105 cm³/mol. The van der Waals surface area contributed by atoms with Crippen LogP contribution in [0.25, 0.3) is 11.1 Å². The molecular formula is C20H15ClN2O4. The van der Waals surface area contributed by atoms with E-state index in [1.54, 1.807) is 18.2 Å². The molecule has 0 radical (unpaired) electrons. The number of nitrogens with one attached hydrogen (secondary N) is 2. The number of benzene rings is 2. The lowest BCUT2D eigenvalue weighted by molar-refractivity contribution is -0.118. The Labute approximate surface area is 159 Å². The highest BCUT2D eigenvalue weighted by Gasteiger charge is 2.24.